The number of nitrogens with one attached hydrogen (secondary N) is 3. The maximum absolute atomic E-state index is 11.7. The molecule has 0 aliphatic heterocycles. The summed E-state index contributed by atoms with van der Waals surface area (Å²) in [5, 5.41) is 7.17. The largest absolute Gasteiger partial charge is 0.454 e. The van der Waals surface area contributed by atoms with Crippen molar-refractivity contribution < 1.29 is 23.9 Å². The topological polar surface area (TPSA) is 114 Å². The van der Waals surface area contributed by atoms with E-state index in [1.807, 2.05) is 0 Å². The molecule has 0 spiro atoms. The molecule has 4 amide bonds. The van der Waals surface area contributed by atoms with Gasteiger partial charge in [0.1, 0.15) is 6.54 Å². The number of carbonyl (C=O) groups excluding carboxylic acids is 4. The minimum absolute atomic E-state index is 0.0866. The number of rotatable bonds is 6. The van der Waals surface area contributed by atoms with Crippen LogP contribution in [0.5, 0.6) is 0 Å². The van der Waals surface area contributed by atoms with Gasteiger partial charge < -0.3 is 15.4 Å². The van der Waals surface area contributed by atoms with E-state index in [0.29, 0.717) is 5.56 Å². The van der Waals surface area contributed by atoms with Crippen LogP contribution < -0.4 is 16.0 Å². The molecule has 0 aromatic heterocycles. The van der Waals surface area contributed by atoms with Crippen molar-refractivity contribution in [2.75, 3.05) is 13.2 Å². The van der Waals surface area contributed by atoms with Crippen LogP contribution in [0, 0.1) is 0 Å². The minimum Gasteiger partial charge on any atom is -0.454 e. The number of amides is 4. The number of urea groups is 1. The first-order valence-electron chi connectivity index (χ1n) is 8.14. The molecule has 0 bridgehead atoms. The number of carbonyl (C=O) groups is 4. The molecule has 0 heterocycles. The van der Waals surface area contributed by atoms with E-state index in [4.69, 9.17) is 4.74 Å². The monoisotopic (exact) mass is 347 g/mol. The second-order valence-electron chi connectivity index (χ2n) is 5.71. The average molecular weight is 347 g/mol. The molecule has 0 saturated heterocycles. The van der Waals surface area contributed by atoms with Gasteiger partial charge in [-0.05, 0) is 25.0 Å². The molecule has 1 aromatic rings. The minimum atomic E-state index is -0.768. The summed E-state index contributed by atoms with van der Waals surface area (Å²) in [5.74, 6) is -1.91. The fourth-order valence-electron chi connectivity index (χ4n) is 2.50. The molecule has 1 aromatic carbocycles. The number of imide groups is 1. The second-order valence-corrected chi connectivity index (χ2v) is 5.71. The van der Waals surface area contributed by atoms with Crippen LogP contribution in [0.2, 0.25) is 0 Å². The quantitative estimate of drug-likeness (QED) is 0.657. The highest BCUT2D eigenvalue weighted by molar-refractivity contribution is 5.97. The van der Waals surface area contributed by atoms with E-state index in [1.165, 1.54) is 0 Å². The van der Waals surface area contributed by atoms with E-state index >= 15 is 0 Å². The molecular weight excluding hydrogens is 326 g/mol. The maximum Gasteiger partial charge on any atom is 0.325 e. The molecule has 1 aliphatic rings. The standard InChI is InChI=1S/C17H21N3O5/c21-14(20-17(24)19-13-8-4-5-9-13)11-25-15(22)10-18-16(23)12-6-2-1-3-7-12/h1-3,6-7,13H,4-5,8-11H2,(H,18,23)(H2,19,20,21,24). The van der Waals surface area contributed by atoms with Gasteiger partial charge in [-0.3, -0.25) is 19.7 Å². The molecule has 1 saturated carbocycles. The van der Waals surface area contributed by atoms with Crippen molar-refractivity contribution in [1.29, 1.82) is 0 Å². The Balaban J connectivity index is 1.61. The maximum atomic E-state index is 11.7. The van der Waals surface area contributed by atoms with Gasteiger partial charge in [-0.15, -0.1) is 0 Å². The van der Waals surface area contributed by atoms with Gasteiger partial charge in [0, 0.05) is 11.6 Å². The van der Waals surface area contributed by atoms with Gasteiger partial charge in [0.05, 0.1) is 0 Å². The summed E-state index contributed by atoms with van der Waals surface area (Å²) in [7, 11) is 0. The predicted molar refractivity (Wildman–Crippen MR) is 88.7 cm³/mol. The zero-order chi connectivity index (χ0) is 18.1. The van der Waals surface area contributed by atoms with E-state index in [-0.39, 0.29) is 12.6 Å². The highest BCUT2D eigenvalue weighted by atomic mass is 16.5. The normalized spacial score (nSPS) is 13.8. The van der Waals surface area contributed by atoms with Gasteiger partial charge in [0.25, 0.3) is 11.8 Å². The molecule has 1 aliphatic carbocycles. The van der Waals surface area contributed by atoms with Gasteiger partial charge in [0.15, 0.2) is 6.61 Å². The van der Waals surface area contributed by atoms with Gasteiger partial charge in [-0.25, -0.2) is 4.79 Å². The van der Waals surface area contributed by atoms with Crippen LogP contribution in [-0.2, 0) is 14.3 Å². The highest BCUT2D eigenvalue weighted by Gasteiger charge is 2.18. The summed E-state index contributed by atoms with van der Waals surface area (Å²) in [4.78, 5) is 46.4. The number of ether oxygens (including phenoxy) is 1. The van der Waals surface area contributed by atoms with Gasteiger partial charge in [-0.1, -0.05) is 31.0 Å². The number of benzene rings is 1. The lowest BCUT2D eigenvalue weighted by Gasteiger charge is -2.12. The molecule has 0 radical (unpaired) electrons. The van der Waals surface area contributed by atoms with E-state index in [0.717, 1.165) is 25.7 Å². The molecular formula is C17H21N3O5. The van der Waals surface area contributed by atoms with Crippen molar-refractivity contribution >= 4 is 23.8 Å². The van der Waals surface area contributed by atoms with Gasteiger partial charge in [0.2, 0.25) is 0 Å². The van der Waals surface area contributed by atoms with Crippen LogP contribution in [0.4, 0.5) is 4.79 Å². The molecule has 1 fully saturated rings. The first-order chi connectivity index (χ1) is 12.0. The Morgan fingerprint density at radius 1 is 1.04 bits per heavy atom. The van der Waals surface area contributed by atoms with Gasteiger partial charge >= 0.3 is 12.0 Å². The SMILES string of the molecule is O=C(COC(=O)CNC(=O)c1ccccc1)NC(=O)NC1CCCC1. The van der Waals surface area contributed by atoms with E-state index in [9.17, 15) is 19.2 Å². The third kappa shape index (κ3) is 6.62. The molecule has 25 heavy (non-hydrogen) atoms. The zero-order valence-corrected chi connectivity index (χ0v) is 13.7. The summed E-state index contributed by atoms with van der Waals surface area (Å²) in [6.45, 7) is -0.951. The molecule has 0 unspecified atom stereocenters. The summed E-state index contributed by atoms with van der Waals surface area (Å²) < 4.78 is 4.72. The van der Waals surface area contributed by atoms with Crippen molar-refractivity contribution in [2.45, 2.75) is 31.7 Å². The highest BCUT2D eigenvalue weighted by Crippen LogP contribution is 2.17. The molecule has 2 rings (SSSR count). The third-order valence-corrected chi connectivity index (χ3v) is 3.74. The Bertz CT molecular complexity index is 626. The first-order valence-corrected chi connectivity index (χ1v) is 8.14. The third-order valence-electron chi connectivity index (χ3n) is 3.74. The van der Waals surface area contributed by atoms with Crippen LogP contribution in [-0.4, -0.2) is 43.0 Å². The summed E-state index contributed by atoms with van der Waals surface area (Å²) in [5.41, 5.74) is 0.414. The Morgan fingerprint density at radius 3 is 2.40 bits per heavy atom. The number of hydrogen-bond acceptors (Lipinski definition) is 5. The van der Waals surface area contributed by atoms with E-state index < -0.39 is 30.4 Å². The Hall–Kier alpha value is -2.90. The fraction of sp³-hybridized carbons (Fsp3) is 0.412. The lowest BCUT2D eigenvalue weighted by Crippen LogP contribution is -2.45. The number of esters is 1. The molecule has 3 N–H and O–H groups in total. The number of hydrogen-bond donors (Lipinski definition) is 3. The van der Waals surface area contributed by atoms with Crippen LogP contribution >= 0.6 is 0 Å². The smallest absolute Gasteiger partial charge is 0.325 e. The summed E-state index contributed by atoms with van der Waals surface area (Å²) in [6.07, 6.45) is 3.92. The second kappa shape index (κ2) is 9.41. The molecule has 8 heteroatoms. The van der Waals surface area contributed by atoms with E-state index in [2.05, 4.69) is 16.0 Å². The van der Waals surface area contributed by atoms with Crippen molar-refractivity contribution in [3.63, 3.8) is 0 Å². The molecule has 0 atom stereocenters. The van der Waals surface area contributed by atoms with Gasteiger partial charge in [-0.2, -0.15) is 0 Å². The fourth-order valence-corrected chi connectivity index (χ4v) is 2.50. The van der Waals surface area contributed by atoms with Crippen molar-refractivity contribution in [3.05, 3.63) is 35.9 Å². The van der Waals surface area contributed by atoms with Crippen LogP contribution in [0.1, 0.15) is 36.0 Å². The predicted octanol–water partition coefficient (Wildman–Crippen LogP) is 0.728. The summed E-state index contributed by atoms with van der Waals surface area (Å²) in [6, 6.07) is 7.89. The first kappa shape index (κ1) is 18.4. The Kier molecular flexibility index (Phi) is 6.94. The Labute approximate surface area is 145 Å². The van der Waals surface area contributed by atoms with Crippen molar-refractivity contribution in [1.82, 2.24) is 16.0 Å². The Morgan fingerprint density at radius 2 is 1.72 bits per heavy atom. The van der Waals surface area contributed by atoms with Crippen LogP contribution in [0.15, 0.2) is 30.3 Å². The average Bonchev–Trinajstić information content (AvgIpc) is 3.11. The molecule has 134 valence electrons. The van der Waals surface area contributed by atoms with Crippen LogP contribution in [0.3, 0.4) is 0 Å². The molecule has 8 nitrogen and oxygen atoms in total. The van der Waals surface area contributed by atoms with Crippen molar-refractivity contribution in [2.24, 2.45) is 0 Å². The lowest BCUT2D eigenvalue weighted by molar-refractivity contribution is -0.147. The lowest BCUT2D eigenvalue weighted by atomic mass is 10.2. The van der Waals surface area contributed by atoms with Crippen molar-refractivity contribution in [3.8, 4) is 0 Å². The zero-order valence-electron chi connectivity index (χ0n) is 13.7. The van der Waals surface area contributed by atoms with E-state index in [1.54, 1.807) is 30.3 Å². The summed E-state index contributed by atoms with van der Waals surface area (Å²) >= 11 is 0. The van der Waals surface area contributed by atoms with Crippen LogP contribution in [0.25, 0.3) is 0 Å².